The lowest BCUT2D eigenvalue weighted by molar-refractivity contribution is 0.282. The standard InChI is InChI=1S/C20H37N3O/c1-2-3-12-21-14-6-15-23-17-16-22-13-5-4-7-19-8-10-20(18-24)11-9-19/h8-11,21-24H,2-7,12-18H2,1H3. The Balaban J connectivity index is 1.80. The third-order valence-corrected chi connectivity index (χ3v) is 4.17. The summed E-state index contributed by atoms with van der Waals surface area (Å²) in [7, 11) is 0. The van der Waals surface area contributed by atoms with Gasteiger partial charge in [0.1, 0.15) is 0 Å². The number of benzene rings is 1. The largest absolute Gasteiger partial charge is 0.392 e. The SMILES string of the molecule is CCCCNCCCNCCNCCCCc1ccc(CO)cc1. The first-order valence-electron chi connectivity index (χ1n) is 9.67. The molecule has 24 heavy (non-hydrogen) atoms. The lowest BCUT2D eigenvalue weighted by Gasteiger charge is -2.07. The Kier molecular flexibility index (Phi) is 13.7. The first kappa shape index (κ1) is 21.1. The van der Waals surface area contributed by atoms with Crippen molar-refractivity contribution in [3.8, 4) is 0 Å². The highest BCUT2D eigenvalue weighted by Crippen LogP contribution is 2.07. The van der Waals surface area contributed by atoms with Crippen LogP contribution in [0, 0.1) is 0 Å². The van der Waals surface area contributed by atoms with Gasteiger partial charge in [-0.3, -0.25) is 0 Å². The molecule has 0 amide bonds. The molecular formula is C20H37N3O. The zero-order valence-corrected chi connectivity index (χ0v) is 15.4. The van der Waals surface area contributed by atoms with Crippen LogP contribution in [0.1, 0.15) is 50.2 Å². The van der Waals surface area contributed by atoms with Crippen LogP contribution in [-0.2, 0) is 13.0 Å². The number of nitrogens with one attached hydrogen (secondary N) is 3. The third kappa shape index (κ3) is 11.6. The summed E-state index contributed by atoms with van der Waals surface area (Å²) >= 11 is 0. The monoisotopic (exact) mass is 335 g/mol. The topological polar surface area (TPSA) is 56.3 Å². The molecule has 1 aromatic carbocycles. The molecular weight excluding hydrogens is 298 g/mol. The Bertz CT molecular complexity index is 381. The van der Waals surface area contributed by atoms with E-state index in [4.69, 9.17) is 5.11 Å². The van der Waals surface area contributed by atoms with Crippen molar-refractivity contribution < 1.29 is 5.11 Å². The van der Waals surface area contributed by atoms with Crippen LogP contribution in [0.2, 0.25) is 0 Å². The molecule has 0 aliphatic carbocycles. The molecule has 4 heteroatoms. The predicted octanol–water partition coefficient (Wildman–Crippen LogP) is 2.46. The molecule has 0 fully saturated rings. The van der Waals surface area contributed by atoms with Gasteiger partial charge in [-0.05, 0) is 69.4 Å². The summed E-state index contributed by atoms with van der Waals surface area (Å²) in [6.45, 7) is 8.94. The molecule has 138 valence electrons. The zero-order chi connectivity index (χ0) is 17.3. The molecule has 0 bridgehead atoms. The molecule has 0 heterocycles. The third-order valence-electron chi connectivity index (χ3n) is 4.17. The fourth-order valence-electron chi connectivity index (χ4n) is 2.58. The lowest BCUT2D eigenvalue weighted by atomic mass is 10.1. The highest BCUT2D eigenvalue weighted by atomic mass is 16.3. The van der Waals surface area contributed by atoms with E-state index in [2.05, 4.69) is 35.0 Å². The summed E-state index contributed by atoms with van der Waals surface area (Å²) < 4.78 is 0. The van der Waals surface area contributed by atoms with Crippen molar-refractivity contribution in [3.05, 3.63) is 35.4 Å². The number of aliphatic hydroxyl groups excluding tert-OH is 1. The van der Waals surface area contributed by atoms with Crippen molar-refractivity contribution >= 4 is 0 Å². The number of aryl methyl sites for hydroxylation is 1. The molecule has 0 radical (unpaired) electrons. The Morgan fingerprint density at radius 2 is 1.21 bits per heavy atom. The van der Waals surface area contributed by atoms with Crippen LogP contribution < -0.4 is 16.0 Å². The van der Waals surface area contributed by atoms with Gasteiger partial charge in [-0.15, -0.1) is 0 Å². The van der Waals surface area contributed by atoms with Gasteiger partial charge in [-0.25, -0.2) is 0 Å². The highest BCUT2D eigenvalue weighted by Gasteiger charge is 1.95. The van der Waals surface area contributed by atoms with E-state index in [1.165, 1.54) is 37.7 Å². The zero-order valence-electron chi connectivity index (χ0n) is 15.4. The van der Waals surface area contributed by atoms with E-state index < -0.39 is 0 Å². The average Bonchev–Trinajstić information content (AvgIpc) is 2.62. The second-order valence-electron chi connectivity index (χ2n) is 6.39. The quantitative estimate of drug-likeness (QED) is 0.351. The van der Waals surface area contributed by atoms with E-state index in [1.54, 1.807) is 0 Å². The normalized spacial score (nSPS) is 11.1. The molecule has 0 atom stereocenters. The van der Waals surface area contributed by atoms with Crippen molar-refractivity contribution in [3.63, 3.8) is 0 Å². The van der Waals surface area contributed by atoms with E-state index in [-0.39, 0.29) is 6.61 Å². The van der Waals surface area contributed by atoms with Gasteiger partial charge in [0.05, 0.1) is 6.61 Å². The van der Waals surface area contributed by atoms with E-state index in [0.717, 1.165) is 51.3 Å². The molecule has 0 unspecified atom stereocenters. The van der Waals surface area contributed by atoms with Gasteiger partial charge in [-0.1, -0.05) is 37.6 Å². The van der Waals surface area contributed by atoms with Gasteiger partial charge >= 0.3 is 0 Å². The Labute approximate surface area is 148 Å². The lowest BCUT2D eigenvalue weighted by Crippen LogP contribution is -2.30. The van der Waals surface area contributed by atoms with Crippen LogP contribution in [0.3, 0.4) is 0 Å². The number of hydrogen-bond acceptors (Lipinski definition) is 4. The maximum absolute atomic E-state index is 9.02. The van der Waals surface area contributed by atoms with Crippen molar-refractivity contribution in [2.75, 3.05) is 39.3 Å². The van der Waals surface area contributed by atoms with E-state index in [9.17, 15) is 0 Å². The molecule has 0 saturated carbocycles. The maximum Gasteiger partial charge on any atom is 0.0681 e. The summed E-state index contributed by atoms with van der Waals surface area (Å²) in [4.78, 5) is 0. The molecule has 4 N–H and O–H groups in total. The first-order valence-corrected chi connectivity index (χ1v) is 9.67. The van der Waals surface area contributed by atoms with Crippen LogP contribution in [-0.4, -0.2) is 44.4 Å². The van der Waals surface area contributed by atoms with Gasteiger partial charge in [-0.2, -0.15) is 0 Å². The van der Waals surface area contributed by atoms with E-state index in [1.807, 2.05) is 12.1 Å². The van der Waals surface area contributed by atoms with Crippen LogP contribution in [0.5, 0.6) is 0 Å². The van der Waals surface area contributed by atoms with Gasteiger partial charge in [0.15, 0.2) is 0 Å². The summed E-state index contributed by atoms with van der Waals surface area (Å²) in [5.74, 6) is 0. The Hall–Kier alpha value is -0.940. The van der Waals surface area contributed by atoms with Gasteiger partial charge in [0.2, 0.25) is 0 Å². The second-order valence-corrected chi connectivity index (χ2v) is 6.39. The van der Waals surface area contributed by atoms with Crippen LogP contribution >= 0.6 is 0 Å². The summed E-state index contributed by atoms with van der Waals surface area (Å²) in [6.07, 6.45) is 7.30. The van der Waals surface area contributed by atoms with Crippen LogP contribution in [0.4, 0.5) is 0 Å². The van der Waals surface area contributed by atoms with Crippen molar-refractivity contribution in [2.45, 2.75) is 52.1 Å². The van der Waals surface area contributed by atoms with Crippen molar-refractivity contribution in [2.24, 2.45) is 0 Å². The Morgan fingerprint density at radius 3 is 1.83 bits per heavy atom. The predicted molar refractivity (Wildman–Crippen MR) is 103 cm³/mol. The molecule has 0 aliphatic heterocycles. The molecule has 0 aliphatic rings. The van der Waals surface area contributed by atoms with Gasteiger partial charge < -0.3 is 21.1 Å². The molecule has 0 spiro atoms. The van der Waals surface area contributed by atoms with E-state index in [0.29, 0.717) is 0 Å². The van der Waals surface area contributed by atoms with Gasteiger partial charge in [0, 0.05) is 13.1 Å². The fourth-order valence-corrected chi connectivity index (χ4v) is 2.58. The number of rotatable bonds is 16. The van der Waals surface area contributed by atoms with Crippen LogP contribution in [0.15, 0.2) is 24.3 Å². The second kappa shape index (κ2) is 15.6. The van der Waals surface area contributed by atoms with Crippen molar-refractivity contribution in [1.29, 1.82) is 0 Å². The van der Waals surface area contributed by atoms with E-state index >= 15 is 0 Å². The molecule has 0 saturated heterocycles. The summed E-state index contributed by atoms with van der Waals surface area (Å²) in [5.41, 5.74) is 2.35. The first-order chi connectivity index (χ1) is 11.9. The number of hydrogen-bond donors (Lipinski definition) is 4. The van der Waals surface area contributed by atoms with Gasteiger partial charge in [0.25, 0.3) is 0 Å². The smallest absolute Gasteiger partial charge is 0.0681 e. The fraction of sp³-hybridized carbons (Fsp3) is 0.700. The summed E-state index contributed by atoms with van der Waals surface area (Å²) in [6, 6.07) is 8.27. The molecule has 4 nitrogen and oxygen atoms in total. The summed E-state index contributed by atoms with van der Waals surface area (Å²) in [5, 5.41) is 19.5. The van der Waals surface area contributed by atoms with Crippen LogP contribution in [0.25, 0.3) is 0 Å². The number of aliphatic hydroxyl groups is 1. The Morgan fingerprint density at radius 1 is 0.667 bits per heavy atom. The van der Waals surface area contributed by atoms with Crippen molar-refractivity contribution in [1.82, 2.24) is 16.0 Å². The molecule has 1 rings (SSSR count). The molecule has 1 aromatic rings. The minimum Gasteiger partial charge on any atom is -0.392 e. The minimum atomic E-state index is 0.133. The highest BCUT2D eigenvalue weighted by molar-refractivity contribution is 5.21. The maximum atomic E-state index is 9.02. The average molecular weight is 336 g/mol. The molecule has 0 aromatic heterocycles. The number of unbranched alkanes of at least 4 members (excludes halogenated alkanes) is 2. The minimum absolute atomic E-state index is 0.133.